The van der Waals surface area contributed by atoms with Gasteiger partial charge in [-0.05, 0) is 68.1 Å². The average Bonchev–Trinajstić information content (AvgIpc) is 3.36. The molecule has 2 unspecified atom stereocenters. The first kappa shape index (κ1) is 20.3. The van der Waals surface area contributed by atoms with Crippen LogP contribution in [0.1, 0.15) is 36.9 Å². The minimum Gasteiger partial charge on any atom is -0.496 e. The number of aryl methyl sites for hydroxylation is 1. The Bertz CT molecular complexity index is 1140. The number of methoxy groups -OCH3 is 1. The van der Waals surface area contributed by atoms with Crippen LogP contribution in [-0.2, 0) is 0 Å². The lowest BCUT2D eigenvalue weighted by Crippen LogP contribution is -2.18. The van der Waals surface area contributed by atoms with Crippen molar-refractivity contribution < 1.29 is 9.47 Å². The SMILES string of the molecule is COc1cc(C)cc(OCC2CC3CC[C@@H]3C2)c1-c1cc(Nc2cnc(C#N)cn2)n[nH]1. The molecule has 2 aliphatic rings. The van der Waals surface area contributed by atoms with Gasteiger partial charge in [-0.2, -0.15) is 10.4 Å². The number of fused-ring (bicyclic) bond motifs is 1. The predicted molar refractivity (Wildman–Crippen MR) is 120 cm³/mol. The van der Waals surface area contributed by atoms with E-state index in [1.807, 2.05) is 25.1 Å². The maximum atomic E-state index is 8.87. The van der Waals surface area contributed by atoms with E-state index in [0.29, 0.717) is 17.6 Å². The molecule has 0 amide bonds. The molecule has 0 spiro atoms. The number of anilines is 2. The summed E-state index contributed by atoms with van der Waals surface area (Å²) in [6, 6.07) is 7.90. The van der Waals surface area contributed by atoms with E-state index in [2.05, 4.69) is 31.5 Å². The minimum atomic E-state index is 0.264. The van der Waals surface area contributed by atoms with Gasteiger partial charge < -0.3 is 14.8 Å². The molecule has 0 aliphatic heterocycles. The minimum absolute atomic E-state index is 0.264. The van der Waals surface area contributed by atoms with Gasteiger partial charge in [0.05, 0.1) is 37.4 Å². The van der Waals surface area contributed by atoms with E-state index in [4.69, 9.17) is 14.7 Å². The molecule has 32 heavy (non-hydrogen) atoms. The molecule has 164 valence electrons. The molecule has 0 radical (unpaired) electrons. The van der Waals surface area contributed by atoms with E-state index < -0.39 is 0 Å². The van der Waals surface area contributed by atoms with Gasteiger partial charge in [-0.3, -0.25) is 5.10 Å². The Morgan fingerprint density at radius 1 is 1.09 bits per heavy atom. The third kappa shape index (κ3) is 3.98. The summed E-state index contributed by atoms with van der Waals surface area (Å²) in [5.74, 6) is 5.09. The van der Waals surface area contributed by atoms with Gasteiger partial charge in [0.25, 0.3) is 0 Å². The van der Waals surface area contributed by atoms with E-state index in [1.165, 1.54) is 38.1 Å². The van der Waals surface area contributed by atoms with Crippen LogP contribution in [0.15, 0.2) is 30.6 Å². The number of rotatable bonds is 7. The van der Waals surface area contributed by atoms with Crippen LogP contribution >= 0.6 is 0 Å². The predicted octanol–water partition coefficient (Wildman–Crippen LogP) is 4.61. The van der Waals surface area contributed by atoms with Gasteiger partial charge in [-0.15, -0.1) is 0 Å². The van der Waals surface area contributed by atoms with Crippen LogP contribution in [0.2, 0.25) is 0 Å². The third-order valence-electron chi connectivity index (χ3n) is 6.62. The summed E-state index contributed by atoms with van der Waals surface area (Å²) >= 11 is 0. The average molecular weight is 431 g/mol. The number of ether oxygens (including phenoxy) is 2. The van der Waals surface area contributed by atoms with Crippen LogP contribution in [0, 0.1) is 36.0 Å². The van der Waals surface area contributed by atoms with Gasteiger partial charge in [0.2, 0.25) is 0 Å². The van der Waals surface area contributed by atoms with Crippen molar-refractivity contribution in [1.29, 1.82) is 5.26 Å². The Balaban J connectivity index is 1.37. The van der Waals surface area contributed by atoms with Crippen molar-refractivity contribution in [2.45, 2.75) is 32.6 Å². The number of hydrogen-bond donors (Lipinski definition) is 2. The number of nitrogens with one attached hydrogen (secondary N) is 2. The fourth-order valence-electron chi connectivity index (χ4n) is 4.91. The zero-order valence-electron chi connectivity index (χ0n) is 18.3. The highest BCUT2D eigenvalue weighted by atomic mass is 16.5. The van der Waals surface area contributed by atoms with Crippen LogP contribution in [0.5, 0.6) is 11.5 Å². The second-order valence-corrected chi connectivity index (χ2v) is 8.78. The fourth-order valence-corrected chi connectivity index (χ4v) is 4.91. The first-order valence-corrected chi connectivity index (χ1v) is 11.0. The second kappa shape index (κ2) is 8.50. The zero-order chi connectivity index (χ0) is 22.1. The summed E-state index contributed by atoms with van der Waals surface area (Å²) in [5, 5.41) is 19.4. The maximum Gasteiger partial charge on any atom is 0.158 e. The summed E-state index contributed by atoms with van der Waals surface area (Å²) in [6.07, 6.45) is 8.26. The molecule has 2 fully saturated rings. The van der Waals surface area contributed by atoms with E-state index in [0.717, 1.165) is 46.8 Å². The van der Waals surface area contributed by atoms with E-state index in [-0.39, 0.29) is 5.69 Å². The van der Waals surface area contributed by atoms with Crippen molar-refractivity contribution in [2.75, 3.05) is 19.0 Å². The maximum absolute atomic E-state index is 8.87. The number of benzene rings is 1. The van der Waals surface area contributed by atoms with Crippen molar-refractivity contribution in [1.82, 2.24) is 20.2 Å². The number of hydrogen-bond acceptors (Lipinski definition) is 7. The van der Waals surface area contributed by atoms with Crippen molar-refractivity contribution in [3.05, 3.63) is 41.9 Å². The smallest absolute Gasteiger partial charge is 0.158 e. The lowest BCUT2D eigenvalue weighted by atomic mass is 9.77. The van der Waals surface area contributed by atoms with E-state index >= 15 is 0 Å². The third-order valence-corrected chi connectivity index (χ3v) is 6.62. The molecule has 2 aliphatic carbocycles. The topological polar surface area (TPSA) is 109 Å². The molecule has 8 heteroatoms. The summed E-state index contributed by atoms with van der Waals surface area (Å²) in [7, 11) is 1.67. The lowest BCUT2D eigenvalue weighted by molar-refractivity contribution is 0.219. The summed E-state index contributed by atoms with van der Waals surface area (Å²) in [4.78, 5) is 8.20. The van der Waals surface area contributed by atoms with Crippen molar-refractivity contribution in [2.24, 2.45) is 17.8 Å². The highest BCUT2D eigenvalue weighted by Gasteiger charge is 2.40. The number of nitrogens with zero attached hydrogens (tertiary/aromatic N) is 4. The standard InChI is InChI=1S/C24H26N6O2/c1-14-5-20(31-2)24(21(6-14)32-13-15-7-16-3-4-17(16)8-15)19-9-22(30-29-19)28-23-12-26-18(10-25)11-27-23/h5-6,9,11-12,15-17H,3-4,7-8,13H2,1-2H3,(H2,27,28,29,30)/t15?,16-,17?/m1/s1. The van der Waals surface area contributed by atoms with Gasteiger partial charge in [0.1, 0.15) is 23.4 Å². The molecular weight excluding hydrogens is 404 g/mol. The summed E-state index contributed by atoms with van der Waals surface area (Å²) in [5.41, 5.74) is 2.98. The van der Waals surface area contributed by atoms with Crippen LogP contribution in [0.3, 0.4) is 0 Å². The highest BCUT2D eigenvalue weighted by Crippen LogP contribution is 2.50. The number of nitriles is 1. The molecule has 2 heterocycles. The summed E-state index contributed by atoms with van der Waals surface area (Å²) < 4.78 is 12.1. The van der Waals surface area contributed by atoms with Gasteiger partial charge in [0, 0.05) is 6.07 Å². The van der Waals surface area contributed by atoms with Crippen LogP contribution in [0.25, 0.3) is 11.3 Å². The largest absolute Gasteiger partial charge is 0.496 e. The molecule has 3 atom stereocenters. The van der Waals surface area contributed by atoms with Crippen molar-refractivity contribution >= 4 is 11.6 Å². The molecular formula is C24H26N6O2. The molecule has 0 bridgehead atoms. The summed E-state index contributed by atoms with van der Waals surface area (Å²) in [6.45, 7) is 2.77. The van der Waals surface area contributed by atoms with Crippen molar-refractivity contribution in [3.8, 4) is 28.8 Å². The first-order chi connectivity index (χ1) is 15.6. The number of aromatic amines is 1. The Labute approximate surface area is 187 Å². The highest BCUT2D eigenvalue weighted by molar-refractivity contribution is 5.77. The van der Waals surface area contributed by atoms with Crippen LogP contribution < -0.4 is 14.8 Å². The lowest BCUT2D eigenvalue weighted by Gasteiger charge is -2.29. The Kier molecular flexibility index (Phi) is 5.39. The Morgan fingerprint density at radius 3 is 2.53 bits per heavy atom. The van der Waals surface area contributed by atoms with Gasteiger partial charge in [-0.1, -0.05) is 0 Å². The Morgan fingerprint density at radius 2 is 1.88 bits per heavy atom. The Hall–Kier alpha value is -3.60. The molecule has 5 rings (SSSR count). The molecule has 3 aromatic rings. The second-order valence-electron chi connectivity index (χ2n) is 8.78. The monoisotopic (exact) mass is 430 g/mol. The number of aromatic nitrogens is 4. The van der Waals surface area contributed by atoms with Gasteiger partial charge >= 0.3 is 0 Å². The van der Waals surface area contributed by atoms with Crippen molar-refractivity contribution in [3.63, 3.8) is 0 Å². The van der Waals surface area contributed by atoms with Crippen LogP contribution in [-0.4, -0.2) is 33.9 Å². The quantitative estimate of drug-likeness (QED) is 0.563. The zero-order valence-corrected chi connectivity index (χ0v) is 18.3. The number of H-pyrrole nitrogens is 1. The van der Waals surface area contributed by atoms with E-state index in [1.54, 1.807) is 7.11 Å². The first-order valence-electron chi connectivity index (χ1n) is 11.0. The van der Waals surface area contributed by atoms with Crippen LogP contribution in [0.4, 0.5) is 11.6 Å². The fraction of sp³-hybridized carbons (Fsp3) is 0.417. The van der Waals surface area contributed by atoms with Gasteiger partial charge in [-0.25, -0.2) is 9.97 Å². The molecule has 2 N–H and O–H groups in total. The van der Waals surface area contributed by atoms with Gasteiger partial charge in [0.15, 0.2) is 11.5 Å². The normalized spacial score (nSPS) is 21.3. The molecule has 0 saturated heterocycles. The molecule has 2 aromatic heterocycles. The molecule has 8 nitrogen and oxygen atoms in total. The van der Waals surface area contributed by atoms with E-state index in [9.17, 15) is 0 Å². The molecule has 1 aromatic carbocycles. The molecule has 2 saturated carbocycles.